The summed E-state index contributed by atoms with van der Waals surface area (Å²) in [6.07, 6.45) is 1.89. The average molecular weight is 224 g/mol. The molecule has 0 aliphatic rings. The lowest BCUT2D eigenvalue weighted by Gasteiger charge is -2.14. The summed E-state index contributed by atoms with van der Waals surface area (Å²) in [4.78, 5) is 6.60. The van der Waals surface area contributed by atoms with Gasteiger partial charge in [-0.05, 0) is 17.7 Å². The fourth-order valence-electron chi connectivity index (χ4n) is 1.63. The molecule has 86 valence electrons. The Bertz CT molecular complexity index is 501. The molecule has 0 saturated carbocycles. The highest BCUT2D eigenvalue weighted by Gasteiger charge is 2.00. The van der Waals surface area contributed by atoms with Crippen LogP contribution in [0.25, 0.3) is 0 Å². The molecule has 0 radical (unpaired) electrons. The first kappa shape index (κ1) is 11.4. The van der Waals surface area contributed by atoms with Crippen LogP contribution in [0.5, 0.6) is 0 Å². The fourth-order valence-corrected chi connectivity index (χ4v) is 1.63. The molecule has 2 aromatic carbocycles. The number of hydrogen-bond acceptors (Lipinski definition) is 2. The van der Waals surface area contributed by atoms with Crippen LogP contribution in [0.1, 0.15) is 5.56 Å². The normalized spacial score (nSPS) is 10.7. The standard InChI is InChI=1S/C15H16N2/c1-17(2)15-11-7-6-10-14(15)16-12-13-8-4-3-5-9-13/h3-12H,1-2H3/b16-12+. The highest BCUT2D eigenvalue weighted by Crippen LogP contribution is 2.26. The monoisotopic (exact) mass is 224 g/mol. The van der Waals surface area contributed by atoms with Crippen LogP contribution < -0.4 is 4.90 Å². The molecule has 0 saturated heterocycles. The molecule has 2 aromatic rings. The number of benzene rings is 2. The van der Waals surface area contributed by atoms with Gasteiger partial charge in [0, 0.05) is 20.3 Å². The van der Waals surface area contributed by atoms with Crippen LogP contribution in [0.2, 0.25) is 0 Å². The Morgan fingerprint density at radius 2 is 1.53 bits per heavy atom. The Labute approximate surface area is 102 Å². The lowest BCUT2D eigenvalue weighted by molar-refractivity contribution is 1.13. The summed E-state index contributed by atoms with van der Waals surface area (Å²) in [5, 5.41) is 0. The molecule has 0 aliphatic heterocycles. The van der Waals surface area contributed by atoms with Crippen molar-refractivity contribution in [3.05, 3.63) is 60.2 Å². The second-order valence-electron chi connectivity index (χ2n) is 4.05. The first-order valence-electron chi connectivity index (χ1n) is 5.63. The van der Waals surface area contributed by atoms with Gasteiger partial charge in [-0.15, -0.1) is 0 Å². The first-order chi connectivity index (χ1) is 8.27. The molecule has 0 aromatic heterocycles. The zero-order valence-corrected chi connectivity index (χ0v) is 10.2. The van der Waals surface area contributed by atoms with Crippen LogP contribution in [-0.2, 0) is 0 Å². The van der Waals surface area contributed by atoms with Gasteiger partial charge < -0.3 is 4.90 Å². The third-order valence-electron chi connectivity index (χ3n) is 2.52. The lowest BCUT2D eigenvalue weighted by atomic mass is 10.2. The molecule has 0 fully saturated rings. The molecule has 0 heterocycles. The van der Waals surface area contributed by atoms with Gasteiger partial charge in [-0.1, -0.05) is 42.5 Å². The van der Waals surface area contributed by atoms with Crippen LogP contribution in [-0.4, -0.2) is 20.3 Å². The molecule has 0 unspecified atom stereocenters. The minimum absolute atomic E-state index is 0.987. The number of hydrogen-bond donors (Lipinski definition) is 0. The van der Waals surface area contributed by atoms with E-state index in [9.17, 15) is 0 Å². The lowest BCUT2D eigenvalue weighted by Crippen LogP contribution is -2.08. The molecule has 0 amide bonds. The zero-order chi connectivity index (χ0) is 12.1. The minimum Gasteiger partial charge on any atom is -0.376 e. The fraction of sp³-hybridized carbons (Fsp3) is 0.133. The largest absolute Gasteiger partial charge is 0.376 e. The van der Waals surface area contributed by atoms with E-state index in [4.69, 9.17) is 0 Å². The Morgan fingerprint density at radius 1 is 0.882 bits per heavy atom. The summed E-state index contributed by atoms with van der Waals surface area (Å²) in [6.45, 7) is 0. The topological polar surface area (TPSA) is 15.6 Å². The molecule has 0 aliphatic carbocycles. The summed E-state index contributed by atoms with van der Waals surface area (Å²) in [7, 11) is 4.05. The first-order valence-corrected chi connectivity index (χ1v) is 5.63. The van der Waals surface area contributed by atoms with Gasteiger partial charge in [0.25, 0.3) is 0 Å². The number of aliphatic imine (C=N–C) groups is 1. The number of nitrogens with zero attached hydrogens (tertiary/aromatic N) is 2. The highest BCUT2D eigenvalue weighted by molar-refractivity contribution is 5.84. The van der Waals surface area contributed by atoms with E-state index in [0.717, 1.165) is 16.9 Å². The Kier molecular flexibility index (Phi) is 3.55. The van der Waals surface area contributed by atoms with Crippen molar-refractivity contribution in [3.8, 4) is 0 Å². The highest BCUT2D eigenvalue weighted by atomic mass is 15.1. The summed E-state index contributed by atoms with van der Waals surface area (Å²) < 4.78 is 0. The van der Waals surface area contributed by atoms with E-state index in [-0.39, 0.29) is 0 Å². The van der Waals surface area contributed by atoms with Crippen molar-refractivity contribution in [2.24, 2.45) is 4.99 Å². The molecule has 0 atom stereocenters. The second-order valence-corrected chi connectivity index (χ2v) is 4.05. The third kappa shape index (κ3) is 2.94. The Balaban J connectivity index is 2.27. The van der Waals surface area contributed by atoms with E-state index in [2.05, 4.69) is 16.0 Å². The van der Waals surface area contributed by atoms with Crippen LogP contribution >= 0.6 is 0 Å². The van der Waals surface area contributed by atoms with Crippen molar-refractivity contribution in [1.82, 2.24) is 0 Å². The maximum absolute atomic E-state index is 4.53. The molecule has 2 nitrogen and oxygen atoms in total. The van der Waals surface area contributed by atoms with Gasteiger partial charge in [0.15, 0.2) is 0 Å². The van der Waals surface area contributed by atoms with Crippen molar-refractivity contribution in [2.75, 3.05) is 19.0 Å². The van der Waals surface area contributed by atoms with Crippen LogP contribution in [0.4, 0.5) is 11.4 Å². The summed E-state index contributed by atoms with van der Waals surface area (Å²) in [6, 6.07) is 18.2. The third-order valence-corrected chi connectivity index (χ3v) is 2.52. The van der Waals surface area contributed by atoms with E-state index in [1.54, 1.807) is 0 Å². The second kappa shape index (κ2) is 5.30. The minimum atomic E-state index is 0.987. The summed E-state index contributed by atoms with van der Waals surface area (Å²) in [5.74, 6) is 0. The molecule has 17 heavy (non-hydrogen) atoms. The molecule has 0 spiro atoms. The average Bonchev–Trinajstić information content (AvgIpc) is 2.38. The van der Waals surface area contributed by atoms with Crippen molar-refractivity contribution < 1.29 is 0 Å². The van der Waals surface area contributed by atoms with E-state index in [0.29, 0.717) is 0 Å². The molecular weight excluding hydrogens is 208 g/mol. The Hall–Kier alpha value is -2.09. The van der Waals surface area contributed by atoms with Crippen LogP contribution in [0.15, 0.2) is 59.6 Å². The molecule has 0 N–H and O–H groups in total. The maximum atomic E-state index is 4.53. The van der Waals surface area contributed by atoms with E-state index < -0.39 is 0 Å². The van der Waals surface area contributed by atoms with Crippen molar-refractivity contribution in [1.29, 1.82) is 0 Å². The van der Waals surface area contributed by atoms with Gasteiger partial charge in [-0.25, -0.2) is 0 Å². The molecule has 2 rings (SSSR count). The van der Waals surface area contributed by atoms with Gasteiger partial charge in [-0.3, -0.25) is 4.99 Å². The van der Waals surface area contributed by atoms with Gasteiger partial charge in [-0.2, -0.15) is 0 Å². The summed E-state index contributed by atoms with van der Waals surface area (Å²) in [5.41, 5.74) is 3.22. The number of rotatable bonds is 3. The van der Waals surface area contributed by atoms with Crippen LogP contribution in [0.3, 0.4) is 0 Å². The smallest absolute Gasteiger partial charge is 0.0863 e. The Morgan fingerprint density at radius 3 is 2.24 bits per heavy atom. The van der Waals surface area contributed by atoms with E-state index in [1.165, 1.54) is 0 Å². The van der Waals surface area contributed by atoms with Crippen LogP contribution in [0, 0.1) is 0 Å². The van der Waals surface area contributed by atoms with E-state index >= 15 is 0 Å². The maximum Gasteiger partial charge on any atom is 0.0863 e. The molecule has 0 bridgehead atoms. The van der Waals surface area contributed by atoms with Gasteiger partial charge in [0.2, 0.25) is 0 Å². The van der Waals surface area contributed by atoms with Crippen molar-refractivity contribution in [3.63, 3.8) is 0 Å². The number of anilines is 1. The van der Waals surface area contributed by atoms with Gasteiger partial charge >= 0.3 is 0 Å². The molecule has 2 heteroatoms. The summed E-state index contributed by atoms with van der Waals surface area (Å²) >= 11 is 0. The van der Waals surface area contributed by atoms with Crippen molar-refractivity contribution >= 4 is 17.6 Å². The van der Waals surface area contributed by atoms with Gasteiger partial charge in [0.05, 0.1) is 11.4 Å². The SMILES string of the molecule is CN(C)c1ccccc1/N=C/c1ccccc1. The number of para-hydroxylation sites is 2. The molecular formula is C15H16N2. The van der Waals surface area contributed by atoms with Crippen molar-refractivity contribution in [2.45, 2.75) is 0 Å². The van der Waals surface area contributed by atoms with Gasteiger partial charge in [0.1, 0.15) is 0 Å². The van der Waals surface area contributed by atoms with E-state index in [1.807, 2.05) is 68.8 Å². The zero-order valence-electron chi connectivity index (χ0n) is 10.2. The predicted molar refractivity (Wildman–Crippen MR) is 74.5 cm³/mol. The predicted octanol–water partition coefficient (Wildman–Crippen LogP) is 3.50. The quantitative estimate of drug-likeness (QED) is 0.728.